The van der Waals surface area contributed by atoms with E-state index in [1.807, 2.05) is 24.3 Å². The van der Waals surface area contributed by atoms with Crippen LogP contribution in [0, 0.1) is 0 Å². The number of carbonyl (C=O) groups is 1. The van der Waals surface area contributed by atoms with E-state index in [9.17, 15) is 4.79 Å². The molecule has 5 nitrogen and oxygen atoms in total. The van der Waals surface area contributed by atoms with Gasteiger partial charge in [0.2, 0.25) is 5.13 Å². The maximum Gasteiger partial charge on any atom is 0.267 e. The Bertz CT molecular complexity index is 969. The van der Waals surface area contributed by atoms with Crippen molar-refractivity contribution in [3.05, 3.63) is 66.0 Å². The number of aliphatic imine (C=N–C) groups is 1. The number of fused-ring (bicyclic) bond motifs is 1. The van der Waals surface area contributed by atoms with Gasteiger partial charge in [0.25, 0.3) is 5.91 Å². The molecular formula is C18H13N3O2S2. The van der Waals surface area contributed by atoms with E-state index in [4.69, 9.17) is 4.42 Å². The molecule has 124 valence electrons. The van der Waals surface area contributed by atoms with Gasteiger partial charge in [-0.3, -0.25) is 9.69 Å². The number of rotatable bonds is 4. The molecule has 1 saturated heterocycles. The number of hydrogen-bond donors (Lipinski definition) is 0. The summed E-state index contributed by atoms with van der Waals surface area (Å²) in [7, 11) is 0. The van der Waals surface area contributed by atoms with Crippen LogP contribution in [0.2, 0.25) is 0 Å². The number of benzene rings is 1. The van der Waals surface area contributed by atoms with Crippen LogP contribution in [0.5, 0.6) is 0 Å². The van der Waals surface area contributed by atoms with Gasteiger partial charge >= 0.3 is 0 Å². The predicted molar refractivity (Wildman–Crippen MR) is 103 cm³/mol. The van der Waals surface area contributed by atoms with Gasteiger partial charge in [-0.2, -0.15) is 4.99 Å². The van der Waals surface area contributed by atoms with E-state index in [1.54, 1.807) is 35.4 Å². The number of nitrogens with zero attached hydrogens (tertiary/aromatic N) is 3. The summed E-state index contributed by atoms with van der Waals surface area (Å²) in [6, 6.07) is 11.5. The van der Waals surface area contributed by atoms with Crippen LogP contribution in [0.15, 0.2) is 69.6 Å². The van der Waals surface area contributed by atoms with Crippen LogP contribution in [0.25, 0.3) is 16.3 Å². The lowest BCUT2D eigenvalue weighted by atomic mass is 10.3. The number of thiazole rings is 1. The van der Waals surface area contributed by atoms with Gasteiger partial charge in [0.1, 0.15) is 5.76 Å². The molecule has 1 amide bonds. The van der Waals surface area contributed by atoms with Gasteiger partial charge in [-0.15, -0.1) is 6.58 Å². The smallest absolute Gasteiger partial charge is 0.267 e. The lowest BCUT2D eigenvalue weighted by Gasteiger charge is -2.11. The van der Waals surface area contributed by atoms with Gasteiger partial charge < -0.3 is 4.42 Å². The van der Waals surface area contributed by atoms with Crippen molar-refractivity contribution < 1.29 is 9.21 Å². The van der Waals surface area contributed by atoms with Crippen molar-refractivity contribution in [3.63, 3.8) is 0 Å². The van der Waals surface area contributed by atoms with Gasteiger partial charge in [-0.05, 0) is 36.0 Å². The van der Waals surface area contributed by atoms with Gasteiger partial charge in [0.15, 0.2) is 5.17 Å². The molecule has 0 atom stereocenters. The average Bonchev–Trinajstić information content (AvgIpc) is 3.31. The van der Waals surface area contributed by atoms with Crippen molar-refractivity contribution in [2.45, 2.75) is 0 Å². The van der Waals surface area contributed by atoms with Crippen LogP contribution >= 0.6 is 23.1 Å². The van der Waals surface area contributed by atoms with E-state index in [0.29, 0.717) is 27.5 Å². The summed E-state index contributed by atoms with van der Waals surface area (Å²) in [4.78, 5) is 23.9. The molecule has 1 aliphatic rings. The molecule has 0 radical (unpaired) electrons. The monoisotopic (exact) mass is 367 g/mol. The molecule has 0 aliphatic carbocycles. The van der Waals surface area contributed by atoms with Crippen molar-refractivity contribution in [1.29, 1.82) is 0 Å². The Kier molecular flexibility index (Phi) is 4.25. The lowest BCUT2D eigenvalue weighted by molar-refractivity contribution is -0.121. The highest BCUT2D eigenvalue weighted by Crippen LogP contribution is 2.36. The van der Waals surface area contributed by atoms with Crippen LogP contribution in [-0.2, 0) is 4.79 Å². The molecule has 0 unspecified atom stereocenters. The maximum atomic E-state index is 12.6. The van der Waals surface area contributed by atoms with Gasteiger partial charge in [0.05, 0.1) is 21.4 Å². The normalized spacial score (nSPS) is 17.9. The highest BCUT2D eigenvalue weighted by molar-refractivity contribution is 8.18. The predicted octanol–water partition coefficient (Wildman–Crippen LogP) is 4.68. The maximum absolute atomic E-state index is 12.6. The fourth-order valence-electron chi connectivity index (χ4n) is 2.37. The van der Waals surface area contributed by atoms with Crippen molar-refractivity contribution >= 4 is 55.6 Å². The SMILES string of the molecule is C=CCN1C(=O)/C(=C\c2ccco2)S/C1=N\c1nc2ccccc2s1. The third-order valence-corrected chi connectivity index (χ3v) is 5.43. The molecule has 4 rings (SSSR count). The number of carbonyl (C=O) groups excluding carboxylic acids is 1. The van der Waals surface area contributed by atoms with E-state index < -0.39 is 0 Å². The lowest BCUT2D eigenvalue weighted by Crippen LogP contribution is -2.29. The van der Waals surface area contributed by atoms with Crippen molar-refractivity contribution in [3.8, 4) is 0 Å². The number of amides is 1. The molecule has 0 N–H and O–H groups in total. The first-order valence-electron chi connectivity index (χ1n) is 7.54. The summed E-state index contributed by atoms with van der Waals surface area (Å²) in [5.74, 6) is 0.525. The third-order valence-electron chi connectivity index (χ3n) is 3.49. The zero-order valence-electron chi connectivity index (χ0n) is 13.1. The third kappa shape index (κ3) is 3.16. The first-order chi connectivity index (χ1) is 12.2. The molecule has 3 aromatic rings. The molecular weight excluding hydrogens is 354 g/mol. The molecule has 2 aromatic heterocycles. The molecule has 3 heterocycles. The number of hydrogen-bond acceptors (Lipinski definition) is 6. The second-order valence-corrected chi connectivity index (χ2v) is 7.21. The van der Waals surface area contributed by atoms with E-state index in [0.717, 1.165) is 10.2 Å². The first kappa shape index (κ1) is 15.9. The Hall–Kier alpha value is -2.64. The minimum Gasteiger partial charge on any atom is -0.465 e. The van der Waals surface area contributed by atoms with Crippen LogP contribution in [0.4, 0.5) is 5.13 Å². The zero-order valence-corrected chi connectivity index (χ0v) is 14.7. The Morgan fingerprint density at radius 2 is 2.16 bits per heavy atom. The minimum atomic E-state index is -0.110. The fourth-order valence-corrected chi connectivity index (χ4v) is 4.24. The Morgan fingerprint density at radius 3 is 2.92 bits per heavy atom. The molecule has 0 spiro atoms. The molecule has 25 heavy (non-hydrogen) atoms. The highest BCUT2D eigenvalue weighted by atomic mass is 32.2. The Labute approximate surface area is 152 Å². The van der Waals surface area contributed by atoms with Crippen LogP contribution < -0.4 is 0 Å². The molecule has 0 saturated carbocycles. The topological polar surface area (TPSA) is 58.7 Å². The van der Waals surface area contributed by atoms with E-state index in [-0.39, 0.29) is 5.91 Å². The number of thioether (sulfide) groups is 1. The summed E-state index contributed by atoms with van der Waals surface area (Å²) < 4.78 is 6.37. The van der Waals surface area contributed by atoms with Gasteiger partial charge in [-0.25, -0.2) is 4.98 Å². The average molecular weight is 367 g/mol. The van der Waals surface area contributed by atoms with Crippen molar-refractivity contribution in [1.82, 2.24) is 9.88 Å². The molecule has 1 aliphatic heterocycles. The van der Waals surface area contributed by atoms with Crippen LogP contribution in [0.3, 0.4) is 0 Å². The number of aromatic nitrogens is 1. The van der Waals surface area contributed by atoms with Crippen LogP contribution in [0.1, 0.15) is 5.76 Å². The van der Waals surface area contributed by atoms with Crippen molar-refractivity contribution in [2.24, 2.45) is 4.99 Å². The Morgan fingerprint density at radius 1 is 1.28 bits per heavy atom. The summed E-state index contributed by atoms with van der Waals surface area (Å²) >= 11 is 2.81. The second-order valence-electron chi connectivity index (χ2n) is 5.19. The quantitative estimate of drug-likeness (QED) is 0.496. The van der Waals surface area contributed by atoms with Crippen molar-refractivity contribution in [2.75, 3.05) is 6.54 Å². The van der Waals surface area contributed by atoms with E-state index >= 15 is 0 Å². The number of furan rings is 1. The fraction of sp³-hybridized carbons (Fsp3) is 0.0556. The molecule has 0 bridgehead atoms. The summed E-state index contributed by atoms with van der Waals surface area (Å²) in [5, 5.41) is 1.23. The van der Waals surface area contributed by atoms with E-state index in [2.05, 4.69) is 16.6 Å². The van der Waals surface area contributed by atoms with Gasteiger partial charge in [0, 0.05) is 12.6 Å². The molecule has 1 aromatic carbocycles. The largest absolute Gasteiger partial charge is 0.465 e. The summed E-state index contributed by atoms with van der Waals surface area (Å²) in [6.45, 7) is 4.12. The van der Waals surface area contributed by atoms with Gasteiger partial charge in [-0.1, -0.05) is 29.5 Å². The molecule has 1 fully saturated rings. The Balaban J connectivity index is 1.71. The second kappa shape index (κ2) is 6.70. The number of para-hydroxylation sites is 1. The number of amidine groups is 1. The van der Waals surface area contributed by atoms with E-state index in [1.165, 1.54) is 23.1 Å². The summed E-state index contributed by atoms with van der Waals surface area (Å²) in [6.07, 6.45) is 4.99. The standard InChI is InChI=1S/C18H13N3O2S2/c1-2-9-21-16(22)15(11-12-6-5-10-23-12)25-18(21)20-17-19-13-7-3-4-8-14(13)24-17/h2-8,10-11H,1,9H2/b15-11+,20-18-. The highest BCUT2D eigenvalue weighted by Gasteiger charge is 2.33. The summed E-state index contributed by atoms with van der Waals surface area (Å²) in [5.41, 5.74) is 0.905. The first-order valence-corrected chi connectivity index (χ1v) is 9.18. The minimum absolute atomic E-state index is 0.110. The zero-order chi connectivity index (χ0) is 17.2. The molecule has 7 heteroatoms. The van der Waals surface area contributed by atoms with Crippen LogP contribution in [-0.4, -0.2) is 27.5 Å².